The van der Waals surface area contributed by atoms with E-state index in [1.54, 1.807) is 0 Å². The molecule has 0 saturated heterocycles. The van der Waals surface area contributed by atoms with Crippen molar-refractivity contribution in [2.45, 2.75) is 51.4 Å². The summed E-state index contributed by atoms with van der Waals surface area (Å²) >= 11 is 15.9. The molecule has 0 radical (unpaired) electrons. The lowest BCUT2D eigenvalue weighted by Gasteiger charge is -2.26. The molecule has 4 heteroatoms. The van der Waals surface area contributed by atoms with Crippen LogP contribution in [0.5, 0.6) is 0 Å². The molecule has 4 fully saturated rings. The summed E-state index contributed by atoms with van der Waals surface area (Å²) in [5, 5.41) is 0. The lowest BCUT2D eigenvalue weighted by Crippen LogP contribution is -2.19. The first-order valence-corrected chi connectivity index (χ1v) is 9.82. The molecule has 0 bridgehead atoms. The van der Waals surface area contributed by atoms with E-state index in [2.05, 4.69) is 63.7 Å². The Hall–Kier alpha value is 1.92. The third-order valence-corrected chi connectivity index (χ3v) is 11.7. The van der Waals surface area contributed by atoms with E-state index in [0.29, 0.717) is 10.8 Å². The summed E-state index contributed by atoms with van der Waals surface area (Å²) in [6, 6.07) is 0. The minimum Gasteiger partial charge on any atom is -0.0721 e. The fraction of sp³-hybridized carbons (Fsp3) is 1.00. The number of rotatable bonds is 0. The van der Waals surface area contributed by atoms with Gasteiger partial charge in [-0.2, -0.15) is 0 Å². The zero-order valence-electron chi connectivity index (χ0n) is 9.62. The van der Waals surface area contributed by atoms with Crippen molar-refractivity contribution in [2.24, 2.45) is 22.7 Å². The Labute approximate surface area is 137 Å². The Morgan fingerprint density at radius 2 is 1.18 bits per heavy atom. The highest BCUT2D eigenvalue weighted by molar-refractivity contribution is 9.26. The maximum atomic E-state index is 4.06. The summed E-state index contributed by atoms with van der Waals surface area (Å²) in [5.74, 6) is 1.70. The van der Waals surface area contributed by atoms with Gasteiger partial charge in [0, 0.05) is 10.8 Å². The van der Waals surface area contributed by atoms with Crippen LogP contribution in [0, 0.1) is 22.7 Å². The van der Waals surface area contributed by atoms with Crippen molar-refractivity contribution >= 4 is 63.7 Å². The molecule has 0 amide bonds. The molecule has 4 saturated carbocycles. The van der Waals surface area contributed by atoms with Gasteiger partial charge >= 0.3 is 0 Å². The summed E-state index contributed by atoms with van der Waals surface area (Å²) in [7, 11) is 0. The molecule has 0 aromatic carbocycles. The number of hydrogen-bond donors (Lipinski definition) is 0. The molecule has 4 atom stereocenters. The molecule has 4 aliphatic rings. The van der Waals surface area contributed by atoms with Crippen LogP contribution in [-0.2, 0) is 0 Å². The predicted molar refractivity (Wildman–Crippen MR) is 85.3 cm³/mol. The van der Waals surface area contributed by atoms with Crippen LogP contribution in [0.2, 0.25) is 0 Å². The minimum absolute atomic E-state index is 0.254. The molecule has 4 aliphatic carbocycles. The van der Waals surface area contributed by atoms with Gasteiger partial charge in [0.1, 0.15) is 0 Å². The summed E-state index contributed by atoms with van der Waals surface area (Å²) in [5.41, 5.74) is 1.09. The summed E-state index contributed by atoms with van der Waals surface area (Å²) in [4.78, 5) is 0. The van der Waals surface area contributed by atoms with Gasteiger partial charge in [0.15, 0.2) is 0 Å². The first-order chi connectivity index (χ1) is 7.89. The molecule has 0 aromatic rings. The lowest BCUT2D eigenvalue weighted by atomic mass is 9.77. The van der Waals surface area contributed by atoms with Crippen LogP contribution in [0.15, 0.2) is 0 Å². The fourth-order valence-electron chi connectivity index (χ4n) is 5.18. The van der Waals surface area contributed by atoms with Crippen LogP contribution < -0.4 is 0 Å². The zero-order valence-corrected chi connectivity index (χ0v) is 16.0. The van der Waals surface area contributed by atoms with Gasteiger partial charge < -0.3 is 0 Å². The molecule has 0 aliphatic heterocycles. The van der Waals surface area contributed by atoms with E-state index >= 15 is 0 Å². The van der Waals surface area contributed by atoms with Crippen LogP contribution in [0.4, 0.5) is 0 Å². The maximum absolute atomic E-state index is 4.06. The Balaban J connectivity index is 1.75. The monoisotopic (exact) mass is 488 g/mol. The van der Waals surface area contributed by atoms with Crippen LogP contribution in [0.3, 0.4) is 0 Å². The topological polar surface area (TPSA) is 0 Å². The second kappa shape index (κ2) is 3.39. The standard InChI is InChI=1S/C13H16Br4/c14-12(15)8-6-10-4-2-1-3-5-11(10,7-9(8)12)13(10,16)17/h8-9H,1-7H2/t8-,9-,10-,11+/m0/s1. The van der Waals surface area contributed by atoms with Crippen molar-refractivity contribution in [2.75, 3.05) is 0 Å². The smallest absolute Gasteiger partial charge is 0.0721 e. The molecule has 17 heavy (non-hydrogen) atoms. The highest BCUT2D eigenvalue weighted by Crippen LogP contribution is 2.93. The zero-order chi connectivity index (χ0) is 12.1. The van der Waals surface area contributed by atoms with Crippen molar-refractivity contribution in [1.29, 1.82) is 0 Å². The van der Waals surface area contributed by atoms with E-state index in [9.17, 15) is 0 Å². The van der Waals surface area contributed by atoms with Gasteiger partial charge in [-0.3, -0.25) is 0 Å². The van der Waals surface area contributed by atoms with Gasteiger partial charge in [-0.05, 0) is 37.5 Å². The molecular formula is C13H16Br4. The minimum atomic E-state index is 0.254. The first kappa shape index (κ1) is 12.6. The van der Waals surface area contributed by atoms with Crippen molar-refractivity contribution in [1.82, 2.24) is 0 Å². The van der Waals surface area contributed by atoms with Crippen LogP contribution in [0.25, 0.3) is 0 Å². The Morgan fingerprint density at radius 1 is 0.706 bits per heavy atom. The van der Waals surface area contributed by atoms with Crippen molar-refractivity contribution in [3.05, 3.63) is 0 Å². The Bertz CT molecular complexity index is 359. The second-order valence-electron chi connectivity index (χ2n) is 6.60. The molecule has 4 rings (SSSR count). The summed E-state index contributed by atoms with van der Waals surface area (Å²) in [6.45, 7) is 0. The largest absolute Gasteiger partial charge is 0.0929 e. The van der Waals surface area contributed by atoms with E-state index in [-0.39, 0.29) is 6.47 Å². The average Bonchev–Trinajstić information content (AvgIpc) is 2.99. The Morgan fingerprint density at radius 3 is 1.65 bits per heavy atom. The molecule has 0 unspecified atom stereocenters. The summed E-state index contributed by atoms with van der Waals surface area (Å²) < 4.78 is 0.534. The van der Waals surface area contributed by atoms with Gasteiger partial charge in [0.05, 0.1) is 6.47 Å². The van der Waals surface area contributed by atoms with Crippen LogP contribution in [0.1, 0.15) is 44.9 Å². The molecule has 96 valence electrons. The third kappa shape index (κ3) is 1.22. The number of fused-ring (bicyclic) bond motifs is 1. The van der Waals surface area contributed by atoms with Gasteiger partial charge in [-0.25, -0.2) is 0 Å². The van der Waals surface area contributed by atoms with Crippen molar-refractivity contribution in [3.8, 4) is 0 Å². The third-order valence-electron chi connectivity index (χ3n) is 6.26. The molecule has 0 aromatic heterocycles. The number of hydrogen-bond acceptors (Lipinski definition) is 0. The molecular weight excluding hydrogens is 476 g/mol. The van der Waals surface area contributed by atoms with E-state index < -0.39 is 0 Å². The molecule has 0 nitrogen and oxygen atoms in total. The van der Waals surface area contributed by atoms with Crippen LogP contribution in [-0.4, -0.2) is 6.47 Å². The number of alkyl halides is 4. The maximum Gasteiger partial charge on any atom is 0.0929 e. The predicted octanol–water partition coefficient (Wildman–Crippen LogP) is 5.95. The molecule has 0 spiro atoms. The molecule has 0 heterocycles. The quantitative estimate of drug-likeness (QED) is 0.367. The summed E-state index contributed by atoms with van der Waals surface area (Å²) in [6.07, 6.45) is 9.93. The van der Waals surface area contributed by atoms with Crippen molar-refractivity contribution in [3.63, 3.8) is 0 Å². The fourth-order valence-corrected chi connectivity index (χ4v) is 9.60. The highest BCUT2D eigenvalue weighted by Gasteiger charge is 2.89. The van der Waals surface area contributed by atoms with E-state index in [0.717, 1.165) is 11.8 Å². The van der Waals surface area contributed by atoms with E-state index in [1.165, 1.54) is 44.9 Å². The van der Waals surface area contributed by atoms with Crippen LogP contribution >= 0.6 is 63.7 Å². The Kier molecular flexibility index (Phi) is 2.52. The highest BCUT2D eigenvalue weighted by atomic mass is 79.9. The first-order valence-electron chi connectivity index (χ1n) is 6.65. The van der Waals surface area contributed by atoms with Gasteiger partial charge in [0.2, 0.25) is 0 Å². The molecule has 0 N–H and O–H groups in total. The normalized spacial score (nSPS) is 57.2. The van der Waals surface area contributed by atoms with Gasteiger partial charge in [-0.15, -0.1) is 0 Å². The second-order valence-corrected chi connectivity index (χ2v) is 13.7. The van der Waals surface area contributed by atoms with Gasteiger partial charge in [0.25, 0.3) is 0 Å². The lowest BCUT2D eigenvalue weighted by molar-refractivity contribution is 0.214. The average molecular weight is 492 g/mol. The van der Waals surface area contributed by atoms with Gasteiger partial charge in [-0.1, -0.05) is 83.0 Å². The van der Waals surface area contributed by atoms with Crippen molar-refractivity contribution < 1.29 is 0 Å². The number of halogens is 4. The SMILES string of the molecule is BrC1(Br)[C@H]2C[C@]34CCCCC[C@@]3(C[C@@H]21)C4(Br)Br. The van der Waals surface area contributed by atoms with E-state index in [4.69, 9.17) is 0 Å². The van der Waals surface area contributed by atoms with E-state index in [1.807, 2.05) is 0 Å².